The minimum atomic E-state index is -3.13. The number of carbonyl (C=O) groups excluding carboxylic acids is 1. The third kappa shape index (κ3) is 5.22. The van der Waals surface area contributed by atoms with Gasteiger partial charge >= 0.3 is 0 Å². The molecule has 3 rings (SSSR count). The van der Waals surface area contributed by atoms with Crippen LogP contribution in [0.15, 0.2) is 18.2 Å². The first kappa shape index (κ1) is 21.9. The van der Waals surface area contributed by atoms with Crippen molar-refractivity contribution in [3.05, 3.63) is 18.2 Å². The lowest BCUT2D eigenvalue weighted by atomic mass is 9.86. The highest BCUT2D eigenvalue weighted by Crippen LogP contribution is 2.37. The van der Waals surface area contributed by atoms with Crippen LogP contribution in [0.1, 0.15) is 53.4 Å². The minimum Gasteiger partial charge on any atom is -0.479 e. The Kier molecular flexibility index (Phi) is 6.73. The van der Waals surface area contributed by atoms with Gasteiger partial charge in [-0.2, -0.15) is 0 Å². The van der Waals surface area contributed by atoms with Crippen LogP contribution in [-0.4, -0.2) is 44.8 Å². The van der Waals surface area contributed by atoms with Crippen LogP contribution in [0.25, 0.3) is 0 Å². The standard InChI is InChI=1S/C21H33N3O4S/c1-5-29(26,27)23-17-8-6-16(7-9-17)13-22-18-10-11-19-20(12-18)28-15(4)21(25)24(19)14(2)3/h10-12,14-17,22-23H,5-9,13H2,1-4H3/t15?,16-,17-. The van der Waals surface area contributed by atoms with Crippen LogP contribution >= 0.6 is 0 Å². The molecule has 8 heteroatoms. The number of amides is 1. The number of benzene rings is 1. The van der Waals surface area contributed by atoms with E-state index in [-0.39, 0.29) is 23.7 Å². The number of hydrogen-bond acceptors (Lipinski definition) is 5. The maximum absolute atomic E-state index is 12.4. The first-order chi connectivity index (χ1) is 13.7. The largest absolute Gasteiger partial charge is 0.479 e. The molecule has 1 fully saturated rings. The molecule has 1 amide bonds. The van der Waals surface area contributed by atoms with E-state index in [9.17, 15) is 13.2 Å². The number of anilines is 2. The molecule has 0 saturated heterocycles. The molecule has 1 unspecified atom stereocenters. The fourth-order valence-electron chi connectivity index (χ4n) is 4.09. The SMILES string of the molecule is CCS(=O)(=O)N[C@H]1CC[C@H](CNc2ccc3c(c2)OC(C)C(=O)N3C(C)C)CC1. The van der Waals surface area contributed by atoms with Crippen LogP contribution in [0.4, 0.5) is 11.4 Å². The lowest BCUT2D eigenvalue weighted by Gasteiger charge is -2.36. The van der Waals surface area contributed by atoms with E-state index in [1.165, 1.54) is 0 Å². The molecule has 1 heterocycles. The molecule has 1 aromatic carbocycles. The van der Waals surface area contributed by atoms with Crippen LogP contribution in [0.5, 0.6) is 5.75 Å². The lowest BCUT2D eigenvalue weighted by Crippen LogP contribution is -2.47. The lowest BCUT2D eigenvalue weighted by molar-refractivity contribution is -0.125. The Morgan fingerprint density at radius 1 is 1.21 bits per heavy atom. The van der Waals surface area contributed by atoms with Crippen LogP contribution in [-0.2, 0) is 14.8 Å². The average Bonchev–Trinajstić information content (AvgIpc) is 2.68. The Morgan fingerprint density at radius 3 is 2.52 bits per heavy atom. The molecule has 0 radical (unpaired) electrons. The Morgan fingerprint density at radius 2 is 1.90 bits per heavy atom. The number of ether oxygens (including phenoxy) is 1. The molecule has 1 aromatic rings. The third-order valence-corrected chi connectivity index (χ3v) is 7.25. The summed E-state index contributed by atoms with van der Waals surface area (Å²) >= 11 is 0. The van der Waals surface area contributed by atoms with Gasteiger partial charge in [-0.15, -0.1) is 0 Å². The Bertz CT molecular complexity index is 832. The molecule has 162 valence electrons. The summed E-state index contributed by atoms with van der Waals surface area (Å²) in [6, 6.07) is 6.04. The number of nitrogens with one attached hydrogen (secondary N) is 2. The van der Waals surface area contributed by atoms with Crippen molar-refractivity contribution < 1.29 is 17.9 Å². The quantitative estimate of drug-likeness (QED) is 0.704. The van der Waals surface area contributed by atoms with Gasteiger partial charge in [-0.3, -0.25) is 4.79 Å². The molecular formula is C21H33N3O4S. The molecule has 7 nitrogen and oxygen atoms in total. The topological polar surface area (TPSA) is 87.7 Å². The monoisotopic (exact) mass is 423 g/mol. The van der Waals surface area contributed by atoms with Gasteiger partial charge in [0.05, 0.1) is 11.4 Å². The zero-order valence-electron chi connectivity index (χ0n) is 17.8. The van der Waals surface area contributed by atoms with E-state index in [4.69, 9.17) is 4.74 Å². The summed E-state index contributed by atoms with van der Waals surface area (Å²) in [7, 11) is -3.13. The second kappa shape index (κ2) is 8.92. The highest BCUT2D eigenvalue weighted by atomic mass is 32.2. The summed E-state index contributed by atoms with van der Waals surface area (Å²) in [5.74, 6) is 1.37. The van der Waals surface area contributed by atoms with E-state index in [0.717, 1.165) is 49.4 Å². The maximum atomic E-state index is 12.4. The van der Waals surface area contributed by atoms with Crippen molar-refractivity contribution >= 4 is 27.3 Å². The van der Waals surface area contributed by atoms with Gasteiger partial charge < -0.3 is 15.0 Å². The Balaban J connectivity index is 1.56. The van der Waals surface area contributed by atoms with Crippen molar-refractivity contribution in [1.29, 1.82) is 0 Å². The molecule has 2 N–H and O–H groups in total. The van der Waals surface area contributed by atoms with Gasteiger partial charge in [-0.05, 0) is 71.4 Å². The van der Waals surface area contributed by atoms with Gasteiger partial charge in [0.15, 0.2) is 6.10 Å². The highest BCUT2D eigenvalue weighted by Gasteiger charge is 2.33. The van der Waals surface area contributed by atoms with Crippen LogP contribution in [0.3, 0.4) is 0 Å². The Labute approximate surface area is 174 Å². The molecule has 1 saturated carbocycles. The first-order valence-corrected chi connectivity index (χ1v) is 12.2. The number of rotatable bonds is 7. The van der Waals surface area contributed by atoms with Crippen molar-refractivity contribution in [3.63, 3.8) is 0 Å². The highest BCUT2D eigenvalue weighted by molar-refractivity contribution is 7.89. The minimum absolute atomic E-state index is 0.0105. The van der Waals surface area contributed by atoms with Gasteiger partial charge in [-0.1, -0.05) is 0 Å². The number of carbonyl (C=O) groups is 1. The summed E-state index contributed by atoms with van der Waals surface area (Å²) in [6.07, 6.45) is 3.27. The molecular weight excluding hydrogens is 390 g/mol. The van der Waals surface area contributed by atoms with E-state index >= 15 is 0 Å². The smallest absolute Gasteiger partial charge is 0.268 e. The zero-order chi connectivity index (χ0) is 21.2. The average molecular weight is 424 g/mol. The van der Waals surface area contributed by atoms with E-state index in [1.54, 1.807) is 18.7 Å². The number of nitrogens with zero attached hydrogens (tertiary/aromatic N) is 1. The van der Waals surface area contributed by atoms with Crippen LogP contribution in [0.2, 0.25) is 0 Å². The third-order valence-electron chi connectivity index (χ3n) is 5.79. The van der Waals surface area contributed by atoms with Crippen molar-refractivity contribution in [1.82, 2.24) is 4.72 Å². The van der Waals surface area contributed by atoms with E-state index in [0.29, 0.717) is 5.92 Å². The van der Waals surface area contributed by atoms with E-state index in [2.05, 4.69) is 10.0 Å². The van der Waals surface area contributed by atoms with Gasteiger partial charge in [0.2, 0.25) is 10.0 Å². The molecule has 0 spiro atoms. The molecule has 0 bridgehead atoms. The van der Waals surface area contributed by atoms with Crippen molar-refractivity contribution in [2.45, 2.75) is 71.6 Å². The summed E-state index contributed by atoms with van der Waals surface area (Å²) < 4.78 is 32.1. The summed E-state index contributed by atoms with van der Waals surface area (Å²) in [5.41, 5.74) is 1.79. The predicted molar refractivity (Wildman–Crippen MR) is 116 cm³/mol. The zero-order valence-corrected chi connectivity index (χ0v) is 18.6. The number of sulfonamides is 1. The molecule has 2 aliphatic rings. The summed E-state index contributed by atoms with van der Waals surface area (Å²) in [5, 5.41) is 3.49. The van der Waals surface area contributed by atoms with Gasteiger partial charge in [0, 0.05) is 30.4 Å². The fraction of sp³-hybridized carbons (Fsp3) is 0.667. The van der Waals surface area contributed by atoms with E-state index < -0.39 is 16.1 Å². The normalized spacial score (nSPS) is 24.9. The fourth-order valence-corrected chi connectivity index (χ4v) is 5.00. The van der Waals surface area contributed by atoms with Gasteiger partial charge in [-0.25, -0.2) is 13.1 Å². The van der Waals surface area contributed by atoms with Crippen molar-refractivity contribution in [3.8, 4) is 5.75 Å². The van der Waals surface area contributed by atoms with Crippen molar-refractivity contribution in [2.75, 3.05) is 22.5 Å². The van der Waals surface area contributed by atoms with Gasteiger partial charge in [0.25, 0.3) is 5.91 Å². The predicted octanol–water partition coefficient (Wildman–Crippen LogP) is 3.12. The number of fused-ring (bicyclic) bond motifs is 1. The van der Waals surface area contributed by atoms with Gasteiger partial charge in [0.1, 0.15) is 5.75 Å². The molecule has 1 atom stereocenters. The van der Waals surface area contributed by atoms with E-state index in [1.807, 2.05) is 32.0 Å². The number of hydrogen-bond donors (Lipinski definition) is 2. The van der Waals surface area contributed by atoms with Crippen molar-refractivity contribution in [2.24, 2.45) is 5.92 Å². The second-order valence-electron chi connectivity index (χ2n) is 8.36. The molecule has 0 aromatic heterocycles. The van der Waals surface area contributed by atoms with Crippen LogP contribution in [0, 0.1) is 5.92 Å². The maximum Gasteiger partial charge on any atom is 0.268 e. The first-order valence-electron chi connectivity index (χ1n) is 10.6. The molecule has 29 heavy (non-hydrogen) atoms. The Hall–Kier alpha value is -1.80. The molecule has 1 aliphatic carbocycles. The van der Waals surface area contributed by atoms with Crippen LogP contribution < -0.4 is 19.7 Å². The second-order valence-corrected chi connectivity index (χ2v) is 10.4. The summed E-state index contributed by atoms with van der Waals surface area (Å²) in [4.78, 5) is 14.2. The summed E-state index contributed by atoms with van der Waals surface area (Å²) in [6.45, 7) is 8.29. The molecule has 1 aliphatic heterocycles.